The van der Waals surface area contributed by atoms with Gasteiger partial charge in [0.2, 0.25) is 10.0 Å². The molecule has 0 radical (unpaired) electrons. The Morgan fingerprint density at radius 3 is 3.06 bits per heavy atom. The van der Waals surface area contributed by atoms with Crippen molar-refractivity contribution in [2.24, 2.45) is 5.92 Å². The van der Waals surface area contributed by atoms with Gasteiger partial charge in [0.25, 0.3) is 0 Å². The fraction of sp³-hybridized carbons (Fsp3) is 0.583. The summed E-state index contributed by atoms with van der Waals surface area (Å²) in [5, 5.41) is 3.22. The number of aromatic nitrogens is 1. The third-order valence-electron chi connectivity index (χ3n) is 3.03. The summed E-state index contributed by atoms with van der Waals surface area (Å²) in [6.07, 6.45) is 3.62. The summed E-state index contributed by atoms with van der Waals surface area (Å²) in [6, 6.07) is 3.57. The summed E-state index contributed by atoms with van der Waals surface area (Å²) in [4.78, 5) is 4.01. The number of aryl methyl sites for hydroxylation is 1. The number of hydrogen-bond acceptors (Lipinski definition) is 4. The molecule has 0 saturated carbocycles. The van der Waals surface area contributed by atoms with Crippen molar-refractivity contribution in [2.45, 2.75) is 19.8 Å². The maximum Gasteiger partial charge on any atom is 0.234 e. The van der Waals surface area contributed by atoms with Crippen molar-refractivity contribution in [1.82, 2.24) is 10.3 Å². The first-order valence-corrected chi connectivity index (χ1v) is 7.84. The molecule has 1 aromatic rings. The number of pyridine rings is 1. The molecule has 0 amide bonds. The molecule has 2 N–H and O–H groups in total. The first kappa shape index (κ1) is 13.3. The van der Waals surface area contributed by atoms with Gasteiger partial charge in [-0.1, -0.05) is 0 Å². The monoisotopic (exact) mass is 269 g/mol. The molecule has 1 aliphatic heterocycles. The molecule has 0 aromatic carbocycles. The highest BCUT2D eigenvalue weighted by atomic mass is 32.2. The van der Waals surface area contributed by atoms with Crippen LogP contribution < -0.4 is 10.0 Å². The van der Waals surface area contributed by atoms with Crippen molar-refractivity contribution in [3.63, 3.8) is 0 Å². The zero-order valence-corrected chi connectivity index (χ0v) is 11.3. The van der Waals surface area contributed by atoms with Gasteiger partial charge in [0, 0.05) is 6.20 Å². The second-order valence-corrected chi connectivity index (χ2v) is 6.58. The molecular weight excluding hydrogens is 250 g/mol. The molecule has 100 valence electrons. The van der Waals surface area contributed by atoms with Gasteiger partial charge in [0.05, 0.1) is 5.75 Å². The van der Waals surface area contributed by atoms with E-state index in [2.05, 4.69) is 15.0 Å². The quantitative estimate of drug-likeness (QED) is 0.859. The van der Waals surface area contributed by atoms with E-state index < -0.39 is 10.0 Å². The van der Waals surface area contributed by atoms with Gasteiger partial charge in [-0.05, 0) is 56.5 Å². The summed E-state index contributed by atoms with van der Waals surface area (Å²) in [5.41, 5.74) is 0.988. The Labute approximate surface area is 108 Å². The molecule has 1 atom stereocenters. The molecule has 1 aliphatic rings. The van der Waals surface area contributed by atoms with E-state index in [1.54, 1.807) is 12.3 Å². The molecule has 2 rings (SSSR count). The van der Waals surface area contributed by atoms with Crippen molar-refractivity contribution in [2.75, 3.05) is 23.6 Å². The summed E-state index contributed by atoms with van der Waals surface area (Å²) in [7, 11) is -3.30. The lowest BCUT2D eigenvalue weighted by atomic mass is 10.0. The molecule has 0 spiro atoms. The molecule has 18 heavy (non-hydrogen) atoms. The van der Waals surface area contributed by atoms with Crippen molar-refractivity contribution in [3.8, 4) is 0 Å². The molecule has 6 heteroatoms. The maximum absolute atomic E-state index is 12.0. The lowest BCUT2D eigenvalue weighted by molar-refractivity contribution is 0.404. The van der Waals surface area contributed by atoms with Crippen LogP contribution in [0.3, 0.4) is 0 Å². The minimum absolute atomic E-state index is 0.162. The van der Waals surface area contributed by atoms with Crippen LogP contribution in [-0.4, -0.2) is 32.2 Å². The van der Waals surface area contributed by atoms with Gasteiger partial charge in [-0.2, -0.15) is 0 Å². The highest BCUT2D eigenvalue weighted by Crippen LogP contribution is 2.14. The van der Waals surface area contributed by atoms with Crippen molar-refractivity contribution >= 4 is 15.8 Å². The van der Waals surface area contributed by atoms with Crippen LogP contribution in [0.2, 0.25) is 0 Å². The molecule has 5 nitrogen and oxygen atoms in total. The van der Waals surface area contributed by atoms with E-state index in [1.807, 2.05) is 13.0 Å². The first-order valence-electron chi connectivity index (χ1n) is 6.19. The predicted molar refractivity (Wildman–Crippen MR) is 72.0 cm³/mol. The summed E-state index contributed by atoms with van der Waals surface area (Å²) < 4.78 is 26.5. The number of nitrogens with one attached hydrogen (secondary N) is 2. The number of hydrogen-bond donors (Lipinski definition) is 2. The van der Waals surface area contributed by atoms with Crippen LogP contribution in [0.5, 0.6) is 0 Å². The summed E-state index contributed by atoms with van der Waals surface area (Å²) in [5.74, 6) is 0.759. The topological polar surface area (TPSA) is 71.1 Å². The SMILES string of the molecule is Cc1ccnc(NS(=O)(=O)CC2CCCNC2)c1. The second-order valence-electron chi connectivity index (χ2n) is 4.81. The minimum Gasteiger partial charge on any atom is -0.316 e. The molecule has 1 unspecified atom stereocenters. The van der Waals surface area contributed by atoms with E-state index in [1.165, 1.54) is 0 Å². The lowest BCUT2D eigenvalue weighted by Crippen LogP contribution is -2.35. The lowest BCUT2D eigenvalue weighted by Gasteiger charge is -2.22. The highest BCUT2D eigenvalue weighted by molar-refractivity contribution is 7.92. The van der Waals surface area contributed by atoms with E-state index in [-0.39, 0.29) is 11.7 Å². The first-order chi connectivity index (χ1) is 8.55. The Morgan fingerprint density at radius 1 is 1.56 bits per heavy atom. The van der Waals surface area contributed by atoms with Gasteiger partial charge < -0.3 is 5.32 Å². The average molecular weight is 269 g/mol. The summed E-state index contributed by atoms with van der Waals surface area (Å²) >= 11 is 0. The molecule has 1 saturated heterocycles. The van der Waals surface area contributed by atoms with Gasteiger partial charge in [0.1, 0.15) is 5.82 Å². The largest absolute Gasteiger partial charge is 0.316 e. The fourth-order valence-electron chi connectivity index (χ4n) is 2.17. The van der Waals surface area contributed by atoms with Crippen LogP contribution in [0.25, 0.3) is 0 Å². The van der Waals surface area contributed by atoms with Crippen molar-refractivity contribution < 1.29 is 8.42 Å². The molecular formula is C12H19N3O2S. The van der Waals surface area contributed by atoms with E-state index in [0.29, 0.717) is 5.82 Å². The Balaban J connectivity index is 1.98. The minimum atomic E-state index is -3.30. The summed E-state index contributed by atoms with van der Waals surface area (Å²) in [6.45, 7) is 3.68. The highest BCUT2D eigenvalue weighted by Gasteiger charge is 2.21. The Morgan fingerprint density at radius 2 is 2.39 bits per heavy atom. The normalized spacial score (nSPS) is 20.6. The number of rotatable bonds is 4. The zero-order chi connectivity index (χ0) is 13.0. The van der Waals surface area contributed by atoms with Crippen LogP contribution >= 0.6 is 0 Å². The van der Waals surface area contributed by atoms with E-state index in [0.717, 1.165) is 31.5 Å². The van der Waals surface area contributed by atoms with Crippen LogP contribution in [0.4, 0.5) is 5.82 Å². The second kappa shape index (κ2) is 5.67. The van der Waals surface area contributed by atoms with E-state index >= 15 is 0 Å². The van der Waals surface area contributed by atoms with Gasteiger partial charge in [-0.15, -0.1) is 0 Å². The third-order valence-corrected chi connectivity index (χ3v) is 4.46. The maximum atomic E-state index is 12.0. The van der Waals surface area contributed by atoms with Crippen LogP contribution in [-0.2, 0) is 10.0 Å². The average Bonchev–Trinajstić information content (AvgIpc) is 2.28. The van der Waals surface area contributed by atoms with Crippen LogP contribution in [0.1, 0.15) is 18.4 Å². The number of nitrogens with zero attached hydrogens (tertiary/aromatic N) is 1. The van der Waals surface area contributed by atoms with Crippen LogP contribution in [0, 0.1) is 12.8 Å². The van der Waals surface area contributed by atoms with Gasteiger partial charge in [0.15, 0.2) is 0 Å². The Hall–Kier alpha value is -1.14. The zero-order valence-electron chi connectivity index (χ0n) is 10.5. The molecule has 1 fully saturated rings. The van der Waals surface area contributed by atoms with Crippen molar-refractivity contribution in [1.29, 1.82) is 0 Å². The standard InChI is InChI=1S/C12H19N3O2S/c1-10-4-6-14-12(7-10)15-18(16,17)9-11-3-2-5-13-8-11/h4,6-7,11,13H,2-3,5,8-9H2,1H3,(H,14,15). The number of anilines is 1. The molecule has 0 bridgehead atoms. The third kappa shape index (κ3) is 3.96. The van der Waals surface area contributed by atoms with Gasteiger partial charge in [-0.3, -0.25) is 4.72 Å². The van der Waals surface area contributed by atoms with E-state index in [4.69, 9.17) is 0 Å². The molecule has 0 aliphatic carbocycles. The Bertz CT molecular complexity index is 496. The molecule has 1 aromatic heterocycles. The fourth-order valence-corrected chi connectivity index (χ4v) is 3.59. The van der Waals surface area contributed by atoms with Gasteiger partial charge in [-0.25, -0.2) is 13.4 Å². The van der Waals surface area contributed by atoms with Crippen molar-refractivity contribution in [3.05, 3.63) is 23.9 Å². The smallest absolute Gasteiger partial charge is 0.234 e. The van der Waals surface area contributed by atoms with Crippen LogP contribution in [0.15, 0.2) is 18.3 Å². The number of piperidine rings is 1. The number of sulfonamides is 1. The molecule has 2 heterocycles. The Kier molecular flexibility index (Phi) is 4.19. The van der Waals surface area contributed by atoms with E-state index in [9.17, 15) is 8.42 Å². The van der Waals surface area contributed by atoms with Gasteiger partial charge >= 0.3 is 0 Å². The predicted octanol–water partition coefficient (Wildman–Crippen LogP) is 1.13.